The van der Waals surface area contributed by atoms with Gasteiger partial charge in [0, 0.05) is 22.0 Å². The molecule has 2 aromatic rings. The van der Waals surface area contributed by atoms with Gasteiger partial charge in [0.25, 0.3) is 0 Å². The Morgan fingerprint density at radius 1 is 1.27 bits per heavy atom. The molecule has 2 amide bonds. The Labute approximate surface area is 136 Å². The average molecular weight is 343 g/mol. The van der Waals surface area contributed by atoms with Gasteiger partial charge >= 0.3 is 6.03 Å². The number of amides is 2. The molecule has 2 N–H and O–H groups in total. The van der Waals surface area contributed by atoms with E-state index >= 15 is 0 Å². The van der Waals surface area contributed by atoms with Gasteiger partial charge in [0.2, 0.25) is 0 Å². The van der Waals surface area contributed by atoms with E-state index in [1.165, 1.54) is 12.1 Å². The number of hydrogen-bond donors (Lipinski definition) is 2. The van der Waals surface area contributed by atoms with E-state index in [4.69, 9.17) is 11.6 Å². The van der Waals surface area contributed by atoms with Crippen LogP contribution in [0.3, 0.4) is 0 Å². The minimum atomic E-state index is -0.958. The highest BCUT2D eigenvalue weighted by atomic mass is 35.5. The van der Waals surface area contributed by atoms with Crippen molar-refractivity contribution < 1.29 is 13.6 Å². The summed E-state index contributed by atoms with van der Waals surface area (Å²) in [6.45, 7) is 1.77. The molecule has 2 rings (SSSR count). The summed E-state index contributed by atoms with van der Waals surface area (Å²) < 4.78 is 29.0. The average Bonchev–Trinajstić information content (AvgIpc) is 2.50. The molecule has 0 radical (unpaired) electrons. The number of halogens is 3. The predicted molar refractivity (Wildman–Crippen MR) is 83.8 cm³/mol. The van der Waals surface area contributed by atoms with E-state index in [0.717, 1.165) is 28.5 Å². The first-order chi connectivity index (χ1) is 10.5. The van der Waals surface area contributed by atoms with Gasteiger partial charge in [-0.1, -0.05) is 29.8 Å². The number of carbonyl (C=O) groups is 1. The second kappa shape index (κ2) is 7.47. The second-order valence-corrected chi connectivity index (χ2v) is 5.80. The van der Waals surface area contributed by atoms with E-state index in [0.29, 0.717) is 5.02 Å². The van der Waals surface area contributed by atoms with E-state index in [9.17, 15) is 13.6 Å². The Balaban J connectivity index is 1.85. The molecule has 0 bridgehead atoms. The van der Waals surface area contributed by atoms with Crippen LogP contribution in [-0.2, 0) is 6.54 Å². The van der Waals surface area contributed by atoms with Gasteiger partial charge in [-0.15, -0.1) is 0 Å². The monoisotopic (exact) mass is 342 g/mol. The molecule has 0 aliphatic heterocycles. The molecule has 0 spiro atoms. The third-order valence-corrected chi connectivity index (χ3v) is 4.06. The first-order valence-corrected chi connectivity index (χ1v) is 7.56. The summed E-state index contributed by atoms with van der Waals surface area (Å²) in [5.74, 6) is -1.90. The van der Waals surface area contributed by atoms with E-state index in [-0.39, 0.29) is 12.1 Å². The Kier molecular flexibility index (Phi) is 5.63. The van der Waals surface area contributed by atoms with Crippen LogP contribution in [0.15, 0.2) is 41.3 Å². The summed E-state index contributed by atoms with van der Waals surface area (Å²) in [5.41, 5.74) is 1.02. The molecule has 116 valence electrons. The van der Waals surface area contributed by atoms with Crippen LogP contribution in [0.25, 0.3) is 0 Å². The van der Waals surface area contributed by atoms with Crippen LogP contribution in [-0.4, -0.2) is 6.03 Å². The molecule has 0 aromatic heterocycles. The second-order valence-electron chi connectivity index (χ2n) is 4.51. The van der Waals surface area contributed by atoms with Crippen LogP contribution in [0.5, 0.6) is 0 Å². The number of urea groups is 1. The standard InChI is InChI=1S/C15H13ClF2N2OS/c1-9-5-6-11(7-12(9)16)22-20-15(21)19-8-10-3-2-4-13(17)14(10)18/h2-7H,8H2,1H3,(H2,19,20,21). The van der Waals surface area contributed by atoms with E-state index in [1.807, 2.05) is 19.1 Å². The normalized spacial score (nSPS) is 10.4. The summed E-state index contributed by atoms with van der Waals surface area (Å²) >= 11 is 7.06. The van der Waals surface area contributed by atoms with Crippen molar-refractivity contribution in [1.82, 2.24) is 10.0 Å². The predicted octanol–water partition coefficient (Wildman–Crippen LogP) is 4.43. The SMILES string of the molecule is Cc1ccc(SNC(=O)NCc2cccc(F)c2F)cc1Cl. The highest BCUT2D eigenvalue weighted by Gasteiger charge is 2.09. The molecular formula is C15H13ClF2N2OS. The maximum atomic E-state index is 13.4. The summed E-state index contributed by atoms with van der Waals surface area (Å²) in [5, 5.41) is 3.06. The van der Waals surface area contributed by atoms with Gasteiger partial charge < -0.3 is 5.32 Å². The Bertz CT molecular complexity index is 697. The minimum absolute atomic E-state index is 0.0820. The van der Waals surface area contributed by atoms with Gasteiger partial charge in [-0.25, -0.2) is 13.6 Å². The smallest absolute Gasteiger partial charge is 0.325 e. The third kappa shape index (κ3) is 4.35. The fourth-order valence-electron chi connectivity index (χ4n) is 1.64. The van der Waals surface area contributed by atoms with Crippen LogP contribution >= 0.6 is 23.5 Å². The van der Waals surface area contributed by atoms with Crippen molar-refractivity contribution >= 4 is 29.6 Å². The maximum Gasteiger partial charge on any atom is 0.325 e. The molecule has 3 nitrogen and oxygen atoms in total. The number of hydrogen-bond acceptors (Lipinski definition) is 2. The molecule has 2 aromatic carbocycles. The molecule has 0 heterocycles. The minimum Gasteiger partial charge on any atom is -0.333 e. The first kappa shape index (κ1) is 16.6. The Hall–Kier alpha value is -1.79. The van der Waals surface area contributed by atoms with Gasteiger partial charge in [0.1, 0.15) is 0 Å². The maximum absolute atomic E-state index is 13.4. The Morgan fingerprint density at radius 2 is 2.05 bits per heavy atom. The van der Waals surface area contributed by atoms with Crippen molar-refractivity contribution in [1.29, 1.82) is 0 Å². The molecule has 7 heteroatoms. The molecule has 22 heavy (non-hydrogen) atoms. The zero-order valence-corrected chi connectivity index (χ0v) is 13.2. The quantitative estimate of drug-likeness (QED) is 0.807. The first-order valence-electron chi connectivity index (χ1n) is 6.37. The van der Waals surface area contributed by atoms with Crippen molar-refractivity contribution in [3.63, 3.8) is 0 Å². The topological polar surface area (TPSA) is 41.1 Å². The lowest BCUT2D eigenvalue weighted by molar-refractivity contribution is 0.246. The molecule has 0 aliphatic rings. The summed E-state index contributed by atoms with van der Waals surface area (Å²) in [7, 11) is 0. The van der Waals surface area contributed by atoms with Gasteiger partial charge in [0.15, 0.2) is 11.6 Å². The molecule has 0 aliphatic carbocycles. The van der Waals surface area contributed by atoms with E-state index in [2.05, 4.69) is 10.0 Å². The fourth-order valence-corrected chi connectivity index (χ4v) is 2.48. The van der Waals surface area contributed by atoms with Crippen molar-refractivity contribution in [3.8, 4) is 0 Å². The van der Waals surface area contributed by atoms with Crippen molar-refractivity contribution in [2.24, 2.45) is 0 Å². The number of benzene rings is 2. The third-order valence-electron chi connectivity index (χ3n) is 2.88. The van der Waals surface area contributed by atoms with E-state index < -0.39 is 17.7 Å². The highest BCUT2D eigenvalue weighted by Crippen LogP contribution is 2.22. The van der Waals surface area contributed by atoms with Crippen LogP contribution in [0.2, 0.25) is 5.02 Å². The van der Waals surface area contributed by atoms with E-state index in [1.54, 1.807) is 6.07 Å². The van der Waals surface area contributed by atoms with Gasteiger partial charge in [0.05, 0.1) is 0 Å². The number of rotatable bonds is 4. The molecule has 0 saturated carbocycles. The van der Waals surface area contributed by atoms with Crippen molar-refractivity contribution in [2.45, 2.75) is 18.4 Å². The lowest BCUT2D eigenvalue weighted by atomic mass is 10.2. The van der Waals surface area contributed by atoms with Crippen LogP contribution in [0.4, 0.5) is 13.6 Å². The fraction of sp³-hybridized carbons (Fsp3) is 0.133. The molecule has 0 unspecified atom stereocenters. The lowest BCUT2D eigenvalue weighted by Crippen LogP contribution is -2.31. The highest BCUT2D eigenvalue weighted by molar-refractivity contribution is 7.98. The van der Waals surface area contributed by atoms with Gasteiger partial charge in [-0.2, -0.15) is 0 Å². The summed E-state index contributed by atoms with van der Waals surface area (Å²) in [6, 6.07) is 8.70. The molecule has 0 fully saturated rings. The van der Waals surface area contributed by atoms with Gasteiger partial charge in [-0.05, 0) is 42.6 Å². The number of nitrogens with one attached hydrogen (secondary N) is 2. The van der Waals surface area contributed by atoms with Crippen LogP contribution < -0.4 is 10.0 Å². The van der Waals surface area contributed by atoms with Crippen LogP contribution in [0.1, 0.15) is 11.1 Å². The largest absolute Gasteiger partial charge is 0.333 e. The molecular weight excluding hydrogens is 330 g/mol. The molecule has 0 atom stereocenters. The molecule has 0 saturated heterocycles. The lowest BCUT2D eigenvalue weighted by Gasteiger charge is -2.08. The van der Waals surface area contributed by atoms with Crippen molar-refractivity contribution in [2.75, 3.05) is 0 Å². The van der Waals surface area contributed by atoms with Crippen molar-refractivity contribution in [3.05, 3.63) is 64.2 Å². The Morgan fingerprint density at radius 3 is 2.77 bits per heavy atom. The number of aryl methyl sites for hydroxylation is 1. The zero-order chi connectivity index (χ0) is 16.1. The van der Waals surface area contributed by atoms with Gasteiger partial charge in [-0.3, -0.25) is 4.72 Å². The zero-order valence-electron chi connectivity index (χ0n) is 11.6. The number of carbonyl (C=O) groups excluding carboxylic acids is 1. The summed E-state index contributed by atoms with van der Waals surface area (Å²) in [6.07, 6.45) is 0. The summed E-state index contributed by atoms with van der Waals surface area (Å²) in [4.78, 5) is 12.4. The van der Waals surface area contributed by atoms with Crippen LogP contribution in [0, 0.1) is 18.6 Å².